The molecule has 1 aromatic carbocycles. The van der Waals surface area contributed by atoms with Crippen molar-refractivity contribution in [1.82, 2.24) is 4.57 Å². The molecule has 17 heavy (non-hydrogen) atoms. The Balaban J connectivity index is 2.44. The molecular formula is C13H14N2O2. The largest absolute Gasteiger partial charge is 0.347 e. The Labute approximate surface area is 99.3 Å². The van der Waals surface area contributed by atoms with Gasteiger partial charge in [0.05, 0.1) is 15.8 Å². The maximum absolute atomic E-state index is 10.9. The molecule has 4 nitrogen and oxygen atoms in total. The van der Waals surface area contributed by atoms with Gasteiger partial charge in [-0.25, -0.2) is 0 Å². The number of rotatable bonds is 4. The van der Waals surface area contributed by atoms with E-state index in [1.54, 1.807) is 12.1 Å². The maximum Gasteiger partial charge on any atom is 0.278 e. The van der Waals surface area contributed by atoms with E-state index in [1.165, 1.54) is 6.07 Å². The topological polar surface area (TPSA) is 48.1 Å². The zero-order valence-corrected chi connectivity index (χ0v) is 9.72. The molecule has 0 spiro atoms. The zero-order chi connectivity index (χ0) is 12.4. The molecule has 0 fully saturated rings. The molecule has 0 amide bonds. The normalized spacial score (nSPS) is 10.6. The molecule has 4 heteroatoms. The second kappa shape index (κ2) is 4.41. The van der Waals surface area contributed by atoms with E-state index in [1.807, 2.05) is 23.8 Å². The smallest absolute Gasteiger partial charge is 0.278 e. The number of aryl methyl sites for hydroxylation is 1. The molecule has 2 rings (SSSR count). The molecular weight excluding hydrogens is 216 g/mol. The van der Waals surface area contributed by atoms with E-state index in [4.69, 9.17) is 0 Å². The summed E-state index contributed by atoms with van der Waals surface area (Å²) in [5.74, 6) is 0. The van der Waals surface area contributed by atoms with Crippen LogP contribution in [0.4, 0.5) is 5.69 Å². The SMILES string of the molecule is C=C(C)CCn1ccc2c([N+](=O)[O-])cccc21. The van der Waals surface area contributed by atoms with Crippen molar-refractivity contribution in [2.45, 2.75) is 19.9 Å². The highest BCUT2D eigenvalue weighted by molar-refractivity contribution is 5.89. The van der Waals surface area contributed by atoms with Gasteiger partial charge in [0.25, 0.3) is 5.69 Å². The number of non-ortho nitro benzene ring substituents is 1. The molecule has 0 saturated heterocycles. The highest BCUT2D eigenvalue weighted by Crippen LogP contribution is 2.26. The Morgan fingerprint density at radius 1 is 1.47 bits per heavy atom. The van der Waals surface area contributed by atoms with E-state index in [2.05, 4.69) is 6.58 Å². The van der Waals surface area contributed by atoms with Crippen molar-refractivity contribution in [3.63, 3.8) is 0 Å². The predicted octanol–water partition coefficient (Wildman–Crippen LogP) is 3.52. The number of fused-ring (bicyclic) bond motifs is 1. The van der Waals surface area contributed by atoms with Crippen molar-refractivity contribution < 1.29 is 4.92 Å². The number of nitro benzene ring substituents is 1. The van der Waals surface area contributed by atoms with Crippen molar-refractivity contribution >= 4 is 16.6 Å². The van der Waals surface area contributed by atoms with Gasteiger partial charge in [0.1, 0.15) is 0 Å². The molecule has 0 unspecified atom stereocenters. The second-order valence-electron chi connectivity index (χ2n) is 4.18. The van der Waals surface area contributed by atoms with Crippen LogP contribution in [0.5, 0.6) is 0 Å². The number of hydrogen-bond donors (Lipinski definition) is 0. The van der Waals surface area contributed by atoms with Gasteiger partial charge < -0.3 is 4.57 Å². The molecule has 0 bridgehead atoms. The first-order chi connectivity index (χ1) is 8.09. The van der Waals surface area contributed by atoms with Gasteiger partial charge in [0.2, 0.25) is 0 Å². The lowest BCUT2D eigenvalue weighted by molar-refractivity contribution is -0.383. The van der Waals surface area contributed by atoms with Crippen molar-refractivity contribution in [3.05, 3.63) is 52.7 Å². The maximum atomic E-state index is 10.9. The van der Waals surface area contributed by atoms with Crippen LogP contribution in [0.2, 0.25) is 0 Å². The summed E-state index contributed by atoms with van der Waals surface area (Å²) < 4.78 is 2.02. The highest BCUT2D eigenvalue weighted by atomic mass is 16.6. The Hall–Kier alpha value is -2.10. The Morgan fingerprint density at radius 2 is 2.24 bits per heavy atom. The fourth-order valence-electron chi connectivity index (χ4n) is 1.87. The minimum atomic E-state index is -0.342. The van der Waals surface area contributed by atoms with Gasteiger partial charge in [0.15, 0.2) is 0 Å². The third kappa shape index (κ3) is 2.20. The molecule has 0 saturated carbocycles. The van der Waals surface area contributed by atoms with Crippen molar-refractivity contribution in [1.29, 1.82) is 0 Å². The molecule has 0 N–H and O–H groups in total. The second-order valence-corrected chi connectivity index (χ2v) is 4.18. The van der Waals surface area contributed by atoms with E-state index in [0.717, 1.165) is 24.1 Å². The minimum absolute atomic E-state index is 0.163. The van der Waals surface area contributed by atoms with E-state index in [-0.39, 0.29) is 10.6 Å². The first-order valence-electron chi connectivity index (χ1n) is 5.46. The Bertz CT molecular complexity index is 584. The fraction of sp³-hybridized carbons (Fsp3) is 0.231. The molecule has 0 atom stereocenters. The first kappa shape index (κ1) is 11.4. The van der Waals surface area contributed by atoms with Gasteiger partial charge in [0, 0.05) is 18.8 Å². The molecule has 1 aromatic heterocycles. The van der Waals surface area contributed by atoms with Gasteiger partial charge in [-0.2, -0.15) is 0 Å². The predicted molar refractivity (Wildman–Crippen MR) is 68.0 cm³/mol. The van der Waals surface area contributed by atoms with E-state index < -0.39 is 0 Å². The summed E-state index contributed by atoms with van der Waals surface area (Å²) >= 11 is 0. The van der Waals surface area contributed by atoms with Gasteiger partial charge in [-0.1, -0.05) is 11.6 Å². The highest BCUT2D eigenvalue weighted by Gasteiger charge is 2.13. The Morgan fingerprint density at radius 3 is 2.88 bits per heavy atom. The van der Waals surface area contributed by atoms with Crippen LogP contribution in [0, 0.1) is 10.1 Å². The summed E-state index contributed by atoms with van der Waals surface area (Å²) in [6, 6.07) is 6.95. The van der Waals surface area contributed by atoms with Crippen molar-refractivity contribution in [2.75, 3.05) is 0 Å². The molecule has 2 aromatic rings. The van der Waals surface area contributed by atoms with E-state index >= 15 is 0 Å². The molecule has 0 radical (unpaired) electrons. The zero-order valence-electron chi connectivity index (χ0n) is 9.72. The van der Waals surface area contributed by atoms with Crippen LogP contribution in [-0.4, -0.2) is 9.49 Å². The van der Waals surface area contributed by atoms with Gasteiger partial charge >= 0.3 is 0 Å². The van der Waals surface area contributed by atoms with Gasteiger partial charge in [-0.3, -0.25) is 10.1 Å². The van der Waals surface area contributed by atoms with Crippen molar-refractivity contribution in [2.24, 2.45) is 0 Å². The summed E-state index contributed by atoms with van der Waals surface area (Å²) in [7, 11) is 0. The average molecular weight is 230 g/mol. The van der Waals surface area contributed by atoms with Gasteiger partial charge in [-0.15, -0.1) is 6.58 Å². The van der Waals surface area contributed by atoms with Crippen LogP contribution in [-0.2, 0) is 6.54 Å². The standard InChI is InChI=1S/C13H14N2O2/c1-10(2)6-8-14-9-7-11-12(14)4-3-5-13(11)15(16)17/h3-5,7,9H,1,6,8H2,2H3. The number of aromatic nitrogens is 1. The minimum Gasteiger partial charge on any atom is -0.347 e. The summed E-state index contributed by atoms with van der Waals surface area (Å²) in [5.41, 5.74) is 2.18. The lowest BCUT2D eigenvalue weighted by atomic mass is 10.2. The van der Waals surface area contributed by atoms with E-state index in [9.17, 15) is 10.1 Å². The molecule has 0 aliphatic heterocycles. The van der Waals surface area contributed by atoms with Crippen LogP contribution >= 0.6 is 0 Å². The van der Waals surface area contributed by atoms with Crippen LogP contribution in [0.15, 0.2) is 42.6 Å². The third-order valence-electron chi connectivity index (χ3n) is 2.77. The summed E-state index contributed by atoms with van der Waals surface area (Å²) in [6.07, 6.45) is 2.77. The summed E-state index contributed by atoms with van der Waals surface area (Å²) in [6.45, 7) is 6.64. The Kier molecular flexibility index (Phi) is 2.95. The number of benzene rings is 1. The average Bonchev–Trinajstić information content (AvgIpc) is 2.68. The third-order valence-corrected chi connectivity index (χ3v) is 2.77. The lowest BCUT2D eigenvalue weighted by Gasteiger charge is -2.04. The first-order valence-corrected chi connectivity index (χ1v) is 5.46. The number of nitro groups is 1. The number of hydrogen-bond acceptors (Lipinski definition) is 2. The molecule has 0 aliphatic rings. The van der Waals surface area contributed by atoms with Gasteiger partial charge in [-0.05, 0) is 25.5 Å². The fourth-order valence-corrected chi connectivity index (χ4v) is 1.87. The molecule has 88 valence electrons. The molecule has 1 heterocycles. The summed E-state index contributed by atoms with van der Waals surface area (Å²) in [5, 5.41) is 11.6. The van der Waals surface area contributed by atoms with Crippen LogP contribution in [0.25, 0.3) is 10.9 Å². The number of allylic oxidation sites excluding steroid dienone is 1. The summed E-state index contributed by atoms with van der Waals surface area (Å²) in [4.78, 5) is 10.5. The lowest BCUT2D eigenvalue weighted by Crippen LogP contribution is -1.96. The van der Waals surface area contributed by atoms with Crippen molar-refractivity contribution in [3.8, 4) is 0 Å². The van der Waals surface area contributed by atoms with Crippen LogP contribution in [0.1, 0.15) is 13.3 Å². The molecule has 0 aliphatic carbocycles. The monoisotopic (exact) mass is 230 g/mol. The number of nitrogens with zero attached hydrogens (tertiary/aromatic N) is 2. The van der Waals surface area contributed by atoms with Crippen LogP contribution < -0.4 is 0 Å². The van der Waals surface area contributed by atoms with Crippen LogP contribution in [0.3, 0.4) is 0 Å². The quantitative estimate of drug-likeness (QED) is 0.458. The van der Waals surface area contributed by atoms with E-state index in [0.29, 0.717) is 5.39 Å².